The fraction of sp³-hybridized carbons (Fsp3) is 0.417. The van der Waals surface area contributed by atoms with Crippen molar-refractivity contribution in [2.75, 3.05) is 14.2 Å². The van der Waals surface area contributed by atoms with Crippen LogP contribution in [0.15, 0.2) is 18.2 Å². The summed E-state index contributed by atoms with van der Waals surface area (Å²) < 4.78 is 10.3. The highest BCUT2D eigenvalue weighted by atomic mass is 16.5. The Morgan fingerprint density at radius 2 is 2.06 bits per heavy atom. The maximum Gasteiger partial charge on any atom is 0.164 e. The first-order valence-electron chi connectivity index (χ1n) is 5.07. The number of hydrogen-bond acceptors (Lipinski definition) is 4. The van der Waals surface area contributed by atoms with Gasteiger partial charge in [-0.15, -0.1) is 0 Å². The largest absolute Gasteiger partial charge is 0.549 e. The van der Waals surface area contributed by atoms with E-state index in [1.54, 1.807) is 25.1 Å². The molecule has 0 saturated carbocycles. The summed E-state index contributed by atoms with van der Waals surface area (Å²) in [6, 6.07) is 5.18. The summed E-state index contributed by atoms with van der Waals surface area (Å²) >= 11 is 0. The molecule has 4 nitrogen and oxygen atoms in total. The van der Waals surface area contributed by atoms with Crippen LogP contribution in [-0.4, -0.2) is 20.2 Å². The summed E-state index contributed by atoms with van der Waals surface area (Å²) in [4.78, 5) is 11.0. The molecule has 0 N–H and O–H groups in total. The Morgan fingerprint density at radius 3 is 2.50 bits per heavy atom. The Bertz CT molecular complexity index is 373. The first-order valence-corrected chi connectivity index (χ1v) is 5.07. The van der Waals surface area contributed by atoms with Crippen molar-refractivity contribution in [2.24, 2.45) is 0 Å². The predicted octanol–water partition coefficient (Wildman–Crippen LogP) is 0.947. The quantitative estimate of drug-likeness (QED) is 0.745. The summed E-state index contributed by atoms with van der Waals surface area (Å²) in [6.07, 6.45) is 0.450. The molecule has 0 amide bonds. The molecule has 16 heavy (non-hydrogen) atoms. The van der Waals surface area contributed by atoms with Gasteiger partial charge >= 0.3 is 0 Å². The normalized spacial score (nSPS) is 11.9. The van der Waals surface area contributed by atoms with Crippen LogP contribution in [0.2, 0.25) is 0 Å². The van der Waals surface area contributed by atoms with Crippen molar-refractivity contribution in [3.8, 4) is 11.5 Å². The molecule has 1 atom stereocenters. The zero-order valence-electron chi connectivity index (χ0n) is 9.65. The first-order chi connectivity index (χ1) is 7.65. The van der Waals surface area contributed by atoms with Crippen molar-refractivity contribution >= 4 is 5.97 Å². The van der Waals surface area contributed by atoms with Gasteiger partial charge in [0.2, 0.25) is 0 Å². The molecule has 0 heterocycles. The molecule has 0 aromatic heterocycles. The fourth-order valence-corrected chi connectivity index (χ4v) is 1.70. The highest BCUT2D eigenvalue weighted by Gasteiger charge is 2.18. The van der Waals surface area contributed by atoms with Gasteiger partial charge in [-0.25, -0.2) is 0 Å². The highest BCUT2D eigenvalue weighted by Crippen LogP contribution is 2.36. The second-order valence-corrected chi connectivity index (χ2v) is 3.36. The number of ether oxygens (including phenoxy) is 2. The topological polar surface area (TPSA) is 58.6 Å². The number of para-hydroxylation sites is 1. The van der Waals surface area contributed by atoms with Crippen LogP contribution in [0.3, 0.4) is 0 Å². The number of hydrogen-bond donors (Lipinski definition) is 0. The van der Waals surface area contributed by atoms with Crippen LogP contribution < -0.4 is 14.6 Å². The van der Waals surface area contributed by atoms with Gasteiger partial charge in [0.1, 0.15) is 0 Å². The molecule has 4 heteroatoms. The molecule has 1 aromatic carbocycles. The lowest BCUT2D eigenvalue weighted by molar-refractivity contribution is -0.308. The van der Waals surface area contributed by atoms with Gasteiger partial charge in [0.15, 0.2) is 11.5 Å². The van der Waals surface area contributed by atoms with Crippen molar-refractivity contribution in [1.29, 1.82) is 0 Å². The second kappa shape index (κ2) is 5.39. The monoisotopic (exact) mass is 223 g/mol. The van der Waals surface area contributed by atoms with Crippen LogP contribution in [0.5, 0.6) is 11.5 Å². The van der Waals surface area contributed by atoms with E-state index in [-0.39, 0.29) is 0 Å². The number of carboxylic acid groups (broad SMARTS) is 1. The Hall–Kier alpha value is -1.71. The number of methoxy groups -OCH3 is 2. The van der Waals surface area contributed by atoms with E-state index in [1.165, 1.54) is 14.2 Å². The smallest absolute Gasteiger partial charge is 0.164 e. The molecule has 0 fully saturated rings. The van der Waals surface area contributed by atoms with Crippen molar-refractivity contribution in [3.63, 3.8) is 0 Å². The summed E-state index contributed by atoms with van der Waals surface area (Å²) in [5.41, 5.74) is 0.587. The van der Waals surface area contributed by atoms with Gasteiger partial charge in [-0.05, 0) is 12.5 Å². The van der Waals surface area contributed by atoms with Crippen LogP contribution in [0, 0.1) is 0 Å². The lowest BCUT2D eigenvalue weighted by atomic mass is 9.95. The Labute approximate surface area is 94.8 Å². The first kappa shape index (κ1) is 12.4. The lowest BCUT2D eigenvalue weighted by Crippen LogP contribution is -2.29. The summed E-state index contributed by atoms with van der Waals surface area (Å²) in [5, 5.41) is 11.0. The Morgan fingerprint density at radius 1 is 1.38 bits per heavy atom. The average molecular weight is 223 g/mol. The lowest BCUT2D eigenvalue weighted by Gasteiger charge is -2.20. The highest BCUT2D eigenvalue weighted by molar-refractivity contribution is 5.76. The van der Waals surface area contributed by atoms with E-state index in [9.17, 15) is 9.90 Å². The van der Waals surface area contributed by atoms with E-state index in [0.29, 0.717) is 23.5 Å². The molecule has 88 valence electrons. The minimum atomic E-state index is -1.10. The number of benzene rings is 1. The molecule has 1 unspecified atom stereocenters. The van der Waals surface area contributed by atoms with Crippen LogP contribution in [0.4, 0.5) is 0 Å². The van der Waals surface area contributed by atoms with E-state index < -0.39 is 11.9 Å². The molecule has 0 aliphatic carbocycles. The van der Waals surface area contributed by atoms with Gasteiger partial charge < -0.3 is 19.4 Å². The predicted molar refractivity (Wildman–Crippen MR) is 57.6 cm³/mol. The van der Waals surface area contributed by atoms with E-state index in [2.05, 4.69) is 0 Å². The van der Waals surface area contributed by atoms with Gasteiger partial charge in [-0.3, -0.25) is 0 Å². The molecule has 0 radical (unpaired) electrons. The number of carbonyl (C=O) groups is 1. The van der Waals surface area contributed by atoms with Crippen molar-refractivity contribution in [2.45, 2.75) is 19.3 Å². The third kappa shape index (κ3) is 2.27. The SMILES string of the molecule is CCC(C(=O)[O-])c1cccc(OC)c1OC. The standard InChI is InChI=1S/C12H16O4/c1-4-8(12(13)14)9-6-5-7-10(15-2)11(9)16-3/h5-8H,4H2,1-3H3,(H,13,14)/p-1. The minimum absolute atomic E-state index is 0.450. The van der Waals surface area contributed by atoms with Gasteiger partial charge in [0.25, 0.3) is 0 Å². The van der Waals surface area contributed by atoms with E-state index in [1.807, 2.05) is 0 Å². The Kier molecular flexibility index (Phi) is 4.17. The molecule has 1 rings (SSSR count). The number of carbonyl (C=O) groups excluding carboxylic acids is 1. The molecular formula is C12H15O4-. The number of aliphatic carboxylic acids is 1. The van der Waals surface area contributed by atoms with Crippen LogP contribution >= 0.6 is 0 Å². The Balaban J connectivity index is 3.25. The van der Waals surface area contributed by atoms with Crippen LogP contribution in [0.25, 0.3) is 0 Å². The molecular weight excluding hydrogens is 208 g/mol. The van der Waals surface area contributed by atoms with Gasteiger partial charge in [-0.2, -0.15) is 0 Å². The third-order valence-corrected chi connectivity index (χ3v) is 2.50. The zero-order valence-corrected chi connectivity index (χ0v) is 9.65. The van der Waals surface area contributed by atoms with Crippen LogP contribution in [-0.2, 0) is 4.79 Å². The number of carboxylic acids is 1. The van der Waals surface area contributed by atoms with Crippen molar-refractivity contribution < 1.29 is 19.4 Å². The third-order valence-electron chi connectivity index (χ3n) is 2.50. The molecule has 1 aromatic rings. The molecule has 0 spiro atoms. The van der Waals surface area contributed by atoms with Crippen LogP contribution in [0.1, 0.15) is 24.8 Å². The summed E-state index contributed by atoms with van der Waals surface area (Å²) in [5.74, 6) is -0.792. The molecule has 0 saturated heterocycles. The van der Waals surface area contributed by atoms with Gasteiger partial charge in [0.05, 0.1) is 14.2 Å². The second-order valence-electron chi connectivity index (χ2n) is 3.36. The maximum atomic E-state index is 11.0. The average Bonchev–Trinajstić information content (AvgIpc) is 2.29. The molecule has 0 aliphatic rings. The van der Waals surface area contributed by atoms with E-state index in [4.69, 9.17) is 9.47 Å². The molecule has 0 bridgehead atoms. The zero-order chi connectivity index (χ0) is 12.1. The van der Waals surface area contributed by atoms with Crippen molar-refractivity contribution in [1.82, 2.24) is 0 Å². The number of rotatable bonds is 5. The minimum Gasteiger partial charge on any atom is -0.549 e. The van der Waals surface area contributed by atoms with Crippen molar-refractivity contribution in [3.05, 3.63) is 23.8 Å². The van der Waals surface area contributed by atoms with Gasteiger partial charge in [-0.1, -0.05) is 19.1 Å². The van der Waals surface area contributed by atoms with E-state index >= 15 is 0 Å². The van der Waals surface area contributed by atoms with Gasteiger partial charge in [0, 0.05) is 17.5 Å². The fourth-order valence-electron chi connectivity index (χ4n) is 1.70. The summed E-state index contributed by atoms with van der Waals surface area (Å²) in [6.45, 7) is 1.79. The maximum absolute atomic E-state index is 11.0. The summed E-state index contributed by atoms with van der Waals surface area (Å²) in [7, 11) is 3.00. The molecule has 0 aliphatic heterocycles. The van der Waals surface area contributed by atoms with E-state index in [0.717, 1.165) is 0 Å².